The number of rotatable bonds is 7. The number of ether oxygens (including phenoxy) is 1. The van der Waals surface area contributed by atoms with E-state index in [9.17, 15) is 0 Å². The Kier molecular flexibility index (Phi) is 11.1. The van der Waals surface area contributed by atoms with E-state index in [2.05, 4.69) is 288 Å². The maximum atomic E-state index is 7.08. The molecule has 0 aliphatic rings. The van der Waals surface area contributed by atoms with Gasteiger partial charge in [0.1, 0.15) is 0 Å². The molecule has 0 aliphatic heterocycles. The van der Waals surface area contributed by atoms with Gasteiger partial charge in [-0.15, -0.1) is 0 Å². The van der Waals surface area contributed by atoms with Crippen LogP contribution in [0.5, 0.6) is 11.5 Å². The first-order valence-corrected chi connectivity index (χ1v) is 28.4. The van der Waals surface area contributed by atoms with Crippen LogP contribution in [0.3, 0.4) is 0 Å². The number of pyridine rings is 1. The number of aromatic nitrogens is 5. The Labute approximate surface area is 471 Å². The SMILES string of the molecule is CC(C)(C)c1cc(Oc2[c-]c3c(cc2)c2cc4c5cccc6c7ccccc7n(c4cc2n3-c2ccccn2)c65)[c-]c(-n2[c](=[Pt])n(-c3c(-c4ccccc4)cccc3-c3cc(C(C)(C)C)cc(C(C)(C)C)c3)c3ccccc32)c1. The van der Waals surface area contributed by atoms with Gasteiger partial charge in [0.2, 0.25) is 0 Å². The summed E-state index contributed by atoms with van der Waals surface area (Å²) in [4.78, 5) is 4.94. The van der Waals surface area contributed by atoms with E-state index in [1.807, 2.05) is 18.3 Å². The van der Waals surface area contributed by atoms with Crippen LogP contribution in [0.4, 0.5) is 0 Å². The zero-order chi connectivity index (χ0) is 54.3. The number of nitrogens with zero attached hydrogens (tertiary/aromatic N) is 5. The second-order valence-electron chi connectivity index (χ2n) is 24.3. The summed E-state index contributed by atoms with van der Waals surface area (Å²) in [6.45, 7) is 20.7. The number of imidazole rings is 1. The number of hydrogen-bond donors (Lipinski definition) is 0. The van der Waals surface area contributed by atoms with E-state index < -0.39 is 0 Å². The van der Waals surface area contributed by atoms with Crippen molar-refractivity contribution in [2.24, 2.45) is 0 Å². The fourth-order valence-electron chi connectivity index (χ4n) is 12.0. The van der Waals surface area contributed by atoms with Crippen molar-refractivity contribution in [3.63, 3.8) is 0 Å². The molecule has 79 heavy (non-hydrogen) atoms. The van der Waals surface area contributed by atoms with Crippen molar-refractivity contribution in [1.82, 2.24) is 23.1 Å². The van der Waals surface area contributed by atoms with Gasteiger partial charge < -0.3 is 4.40 Å². The molecule has 0 atom stereocenters. The van der Waals surface area contributed by atoms with Crippen LogP contribution in [0.15, 0.2) is 194 Å². The van der Waals surface area contributed by atoms with E-state index in [1.165, 1.54) is 54.8 Å². The fourth-order valence-corrected chi connectivity index (χ4v) is 13.0. The van der Waals surface area contributed by atoms with Gasteiger partial charge in [-0.1, -0.05) is 42.5 Å². The van der Waals surface area contributed by atoms with Crippen LogP contribution in [0.1, 0.15) is 79.0 Å². The first-order chi connectivity index (χ1) is 38.0. The van der Waals surface area contributed by atoms with Gasteiger partial charge in [-0.3, -0.25) is 0 Å². The van der Waals surface area contributed by atoms with Gasteiger partial charge in [-0.2, -0.15) is 0 Å². The first kappa shape index (κ1) is 49.0. The summed E-state index contributed by atoms with van der Waals surface area (Å²) in [5.74, 6) is 2.01. The van der Waals surface area contributed by atoms with Crippen LogP contribution in [0.25, 0.3) is 110 Å². The topological polar surface area (TPSA) is 41.3 Å². The third-order valence-electron chi connectivity index (χ3n) is 16.1. The number of benzene rings is 9. The average molecular weight is 1210 g/mol. The standard InChI is InChI=1S/C72H59N5O.Pt/c1-70(2,3)47-35-46(36-48(37-47)71(4,5)6)54-25-19-24-53(45-21-11-10-12-22-45)68(54)75-44-74(62-29-15-16-30-63(62)75)50-38-49(72(7,8)9)39-52(40-50)78-51-32-33-56-59-42-60-58-27-20-26-57-55-23-13-14-28-61(55)77(69(57)58)66(60)43-65(59)76(64(56)41-51)67-31-17-18-34-73-67;/h10-39,42-43H,1-9H3;/q-2;. The summed E-state index contributed by atoms with van der Waals surface area (Å²) in [6, 6.07) is 76.1. The summed E-state index contributed by atoms with van der Waals surface area (Å²) < 4.78 is 17.6. The second kappa shape index (κ2) is 17.9. The van der Waals surface area contributed by atoms with Crippen molar-refractivity contribution in [2.45, 2.75) is 78.6 Å². The van der Waals surface area contributed by atoms with E-state index >= 15 is 0 Å². The molecule has 14 aromatic rings. The molecule has 0 saturated heterocycles. The minimum absolute atomic E-state index is 0.0558. The zero-order valence-electron chi connectivity index (χ0n) is 45.9. The van der Waals surface area contributed by atoms with Crippen LogP contribution in [-0.2, 0) is 35.6 Å². The summed E-state index contributed by atoms with van der Waals surface area (Å²) in [7, 11) is 0. The number of para-hydroxylation sites is 5. The van der Waals surface area contributed by atoms with Gasteiger partial charge in [-0.05, 0) is 12.1 Å². The Bertz CT molecular complexity index is 4790. The molecule has 7 heteroatoms. The molecule has 14 rings (SSSR count). The normalized spacial score (nSPS) is 12.7. The van der Waals surface area contributed by atoms with Gasteiger partial charge in [0, 0.05) is 27.7 Å². The van der Waals surface area contributed by atoms with E-state index in [1.54, 1.807) is 0 Å². The summed E-state index contributed by atoms with van der Waals surface area (Å²) in [5.41, 5.74) is 17.8. The summed E-state index contributed by atoms with van der Waals surface area (Å²) in [5, 5.41) is 7.20. The quantitative estimate of drug-likeness (QED) is 0.149. The van der Waals surface area contributed by atoms with Crippen LogP contribution in [-0.4, -0.2) is 23.1 Å². The first-order valence-electron chi connectivity index (χ1n) is 27.3. The van der Waals surface area contributed by atoms with Gasteiger partial charge in [-0.25, -0.2) is 0 Å². The molecular weight excluding hydrogens is 1150 g/mol. The van der Waals surface area contributed by atoms with Gasteiger partial charge >= 0.3 is 371 Å². The van der Waals surface area contributed by atoms with Crippen molar-refractivity contribution in [3.8, 4) is 50.9 Å². The zero-order valence-corrected chi connectivity index (χ0v) is 48.2. The monoisotopic (exact) mass is 1200 g/mol. The second-order valence-corrected chi connectivity index (χ2v) is 25.3. The molecule has 6 nitrogen and oxygen atoms in total. The fraction of sp³-hybridized carbons (Fsp3) is 0.167. The molecule has 0 spiro atoms. The Morgan fingerprint density at radius 3 is 1.71 bits per heavy atom. The molecule has 0 amide bonds. The van der Waals surface area contributed by atoms with Crippen molar-refractivity contribution < 1.29 is 24.1 Å². The molecule has 390 valence electrons. The van der Waals surface area contributed by atoms with E-state index in [-0.39, 0.29) is 16.2 Å². The molecule has 5 heterocycles. The predicted octanol–water partition coefficient (Wildman–Crippen LogP) is 18.8. The molecule has 0 radical (unpaired) electrons. The molecular formula is C72H59N5OPt-2. The van der Waals surface area contributed by atoms with Crippen LogP contribution >= 0.6 is 0 Å². The minimum atomic E-state index is -0.225. The van der Waals surface area contributed by atoms with Crippen LogP contribution in [0, 0.1) is 15.9 Å². The maximum absolute atomic E-state index is 7.08. The molecule has 0 aliphatic carbocycles. The third-order valence-corrected chi connectivity index (χ3v) is 17.1. The molecule has 0 saturated carbocycles. The third kappa shape index (κ3) is 7.93. The van der Waals surface area contributed by atoms with E-state index in [4.69, 9.17) is 9.72 Å². The molecule has 0 bridgehead atoms. The van der Waals surface area contributed by atoms with Gasteiger partial charge in [0.15, 0.2) is 0 Å². The van der Waals surface area contributed by atoms with Crippen molar-refractivity contribution >= 4 is 70.9 Å². The van der Waals surface area contributed by atoms with Crippen molar-refractivity contribution in [1.29, 1.82) is 0 Å². The van der Waals surface area contributed by atoms with Crippen LogP contribution in [0.2, 0.25) is 0 Å². The molecule has 0 N–H and O–H groups in total. The Balaban J connectivity index is 0.960. The van der Waals surface area contributed by atoms with Crippen molar-refractivity contribution in [3.05, 3.63) is 227 Å². The molecule has 0 unspecified atom stereocenters. The van der Waals surface area contributed by atoms with Crippen LogP contribution < -0.4 is 4.74 Å². The summed E-state index contributed by atoms with van der Waals surface area (Å²) >= 11 is 2.55. The summed E-state index contributed by atoms with van der Waals surface area (Å²) in [6.07, 6.45) is 1.86. The average Bonchev–Trinajstić information content (AvgIpc) is 3.02. The number of fused-ring (bicyclic) bond motifs is 10. The number of hydrogen-bond acceptors (Lipinski definition) is 2. The molecule has 5 aromatic heterocycles. The van der Waals surface area contributed by atoms with E-state index in [0.29, 0.717) is 11.5 Å². The molecule has 9 aromatic carbocycles. The molecule has 0 fully saturated rings. The van der Waals surface area contributed by atoms with Crippen molar-refractivity contribution in [2.75, 3.05) is 0 Å². The Morgan fingerprint density at radius 2 is 1.01 bits per heavy atom. The Hall–Kier alpha value is -8.31. The predicted molar refractivity (Wildman–Crippen MR) is 324 cm³/mol. The Morgan fingerprint density at radius 1 is 0.418 bits per heavy atom. The van der Waals surface area contributed by atoms with E-state index in [0.717, 1.165) is 76.0 Å². The van der Waals surface area contributed by atoms with Gasteiger partial charge in [0.05, 0.1) is 16.6 Å². The van der Waals surface area contributed by atoms with Gasteiger partial charge in [0.25, 0.3) is 0 Å².